The van der Waals surface area contributed by atoms with Crippen LogP contribution >= 0.6 is 0 Å². The van der Waals surface area contributed by atoms with Crippen molar-refractivity contribution in [2.24, 2.45) is 10.4 Å². The molecule has 0 bridgehead atoms. The summed E-state index contributed by atoms with van der Waals surface area (Å²) in [5, 5.41) is 6.95. The van der Waals surface area contributed by atoms with Crippen LogP contribution < -0.4 is 10.6 Å². The number of aliphatic imine (C=N–C) groups is 1. The molecule has 6 nitrogen and oxygen atoms in total. The number of ether oxygens (including phenoxy) is 1. The Hall–Kier alpha value is -1.56. The number of nitrogens with one attached hydrogen (secondary N) is 2. The van der Waals surface area contributed by atoms with Crippen molar-refractivity contribution in [3.63, 3.8) is 0 Å². The van der Waals surface area contributed by atoms with Crippen LogP contribution in [0.4, 0.5) is 0 Å². The summed E-state index contributed by atoms with van der Waals surface area (Å²) in [5.74, 6) is 2.38. The van der Waals surface area contributed by atoms with E-state index in [9.17, 15) is 0 Å². The van der Waals surface area contributed by atoms with Gasteiger partial charge in [0.2, 0.25) is 5.89 Å². The van der Waals surface area contributed by atoms with Gasteiger partial charge in [-0.25, -0.2) is 9.98 Å². The Labute approximate surface area is 144 Å². The Morgan fingerprint density at radius 1 is 1.38 bits per heavy atom. The van der Waals surface area contributed by atoms with Gasteiger partial charge in [-0.3, -0.25) is 0 Å². The normalized spacial score (nSPS) is 25.2. The molecule has 2 aliphatic carbocycles. The molecule has 2 aliphatic rings. The third-order valence-corrected chi connectivity index (χ3v) is 5.54. The highest BCUT2D eigenvalue weighted by Gasteiger charge is 2.59. The largest absolute Gasteiger partial charge is 0.444 e. The first-order chi connectivity index (χ1) is 11.6. The molecule has 0 aromatic carbocycles. The molecule has 1 heterocycles. The predicted molar refractivity (Wildman–Crippen MR) is 94.0 cm³/mol. The first-order valence-electron chi connectivity index (χ1n) is 9.18. The molecule has 0 amide bonds. The molecular weight excluding hydrogens is 304 g/mol. The lowest BCUT2D eigenvalue weighted by atomic mass is 9.51. The summed E-state index contributed by atoms with van der Waals surface area (Å²) >= 11 is 0. The van der Waals surface area contributed by atoms with Gasteiger partial charge in [0, 0.05) is 24.6 Å². The van der Waals surface area contributed by atoms with Gasteiger partial charge in [0.15, 0.2) is 5.96 Å². The highest BCUT2D eigenvalue weighted by Crippen LogP contribution is 2.57. The number of hydrogen-bond acceptors (Lipinski definition) is 4. The molecule has 0 radical (unpaired) electrons. The second-order valence-corrected chi connectivity index (χ2v) is 6.91. The van der Waals surface area contributed by atoms with Gasteiger partial charge in [-0.1, -0.05) is 6.42 Å². The van der Waals surface area contributed by atoms with Gasteiger partial charge in [-0.2, -0.15) is 0 Å². The zero-order chi connectivity index (χ0) is 17.2. The minimum absolute atomic E-state index is 0.322. The van der Waals surface area contributed by atoms with Crippen molar-refractivity contribution >= 4 is 5.96 Å². The fourth-order valence-corrected chi connectivity index (χ4v) is 3.88. The SMILES string of the molecule is CCNC(=NCc1nc(C)c(C)o1)NC1CC(OCC)C12CCC2. The summed E-state index contributed by atoms with van der Waals surface area (Å²) in [5.41, 5.74) is 1.26. The predicted octanol–water partition coefficient (Wildman–Crippen LogP) is 2.69. The molecule has 1 aromatic rings. The molecule has 2 saturated carbocycles. The van der Waals surface area contributed by atoms with Gasteiger partial charge in [0.25, 0.3) is 0 Å². The van der Waals surface area contributed by atoms with Crippen LogP contribution in [-0.4, -0.2) is 36.2 Å². The minimum Gasteiger partial charge on any atom is -0.444 e. The van der Waals surface area contributed by atoms with Gasteiger partial charge in [-0.05, 0) is 47.0 Å². The second-order valence-electron chi connectivity index (χ2n) is 6.91. The zero-order valence-corrected chi connectivity index (χ0v) is 15.3. The van der Waals surface area contributed by atoms with Crippen LogP contribution in [-0.2, 0) is 11.3 Å². The summed E-state index contributed by atoms with van der Waals surface area (Å²) in [4.78, 5) is 9.05. The number of guanidine groups is 1. The fourth-order valence-electron chi connectivity index (χ4n) is 3.88. The van der Waals surface area contributed by atoms with E-state index in [4.69, 9.17) is 9.15 Å². The highest BCUT2D eigenvalue weighted by atomic mass is 16.5. The molecular formula is C18H30N4O2. The van der Waals surface area contributed by atoms with Crippen molar-refractivity contribution in [1.82, 2.24) is 15.6 Å². The van der Waals surface area contributed by atoms with Crippen molar-refractivity contribution in [2.45, 2.75) is 72.1 Å². The fraction of sp³-hybridized carbons (Fsp3) is 0.778. The van der Waals surface area contributed by atoms with Gasteiger partial charge in [-0.15, -0.1) is 0 Å². The number of aryl methyl sites for hydroxylation is 2. The average molecular weight is 334 g/mol. The smallest absolute Gasteiger partial charge is 0.216 e. The Balaban J connectivity index is 1.62. The maximum absolute atomic E-state index is 5.93. The van der Waals surface area contributed by atoms with E-state index >= 15 is 0 Å². The average Bonchev–Trinajstić information content (AvgIpc) is 2.80. The van der Waals surface area contributed by atoms with Crippen LogP contribution in [0, 0.1) is 19.3 Å². The quantitative estimate of drug-likeness (QED) is 0.618. The van der Waals surface area contributed by atoms with Gasteiger partial charge >= 0.3 is 0 Å². The van der Waals surface area contributed by atoms with E-state index in [0.717, 1.165) is 37.0 Å². The van der Waals surface area contributed by atoms with Crippen molar-refractivity contribution in [1.29, 1.82) is 0 Å². The molecule has 2 fully saturated rings. The number of nitrogens with zero attached hydrogens (tertiary/aromatic N) is 2. The topological polar surface area (TPSA) is 71.7 Å². The van der Waals surface area contributed by atoms with E-state index < -0.39 is 0 Å². The van der Waals surface area contributed by atoms with Crippen LogP contribution in [0.15, 0.2) is 9.41 Å². The molecule has 1 spiro atoms. The zero-order valence-electron chi connectivity index (χ0n) is 15.3. The van der Waals surface area contributed by atoms with E-state index in [1.54, 1.807) is 0 Å². The summed E-state index contributed by atoms with van der Waals surface area (Å²) in [6, 6.07) is 0.452. The maximum atomic E-state index is 5.93. The second kappa shape index (κ2) is 7.13. The Morgan fingerprint density at radius 2 is 2.17 bits per heavy atom. The Kier molecular flexibility index (Phi) is 5.13. The number of hydrogen-bond donors (Lipinski definition) is 2. The van der Waals surface area contributed by atoms with Crippen LogP contribution in [0.3, 0.4) is 0 Å². The summed E-state index contributed by atoms with van der Waals surface area (Å²) in [6.45, 7) is 10.1. The van der Waals surface area contributed by atoms with E-state index in [0.29, 0.717) is 30.0 Å². The van der Waals surface area contributed by atoms with Crippen molar-refractivity contribution in [3.05, 3.63) is 17.3 Å². The first-order valence-corrected chi connectivity index (χ1v) is 9.18. The van der Waals surface area contributed by atoms with Crippen molar-refractivity contribution in [2.75, 3.05) is 13.2 Å². The van der Waals surface area contributed by atoms with Crippen molar-refractivity contribution in [3.8, 4) is 0 Å². The number of aromatic nitrogens is 1. The summed E-state index contributed by atoms with van der Waals surface area (Å²) in [7, 11) is 0. The van der Waals surface area contributed by atoms with Crippen LogP contribution in [0.2, 0.25) is 0 Å². The highest BCUT2D eigenvalue weighted by molar-refractivity contribution is 5.80. The summed E-state index contributed by atoms with van der Waals surface area (Å²) in [6.07, 6.45) is 5.30. The lowest BCUT2D eigenvalue weighted by molar-refractivity contribution is -0.168. The molecule has 0 saturated heterocycles. The molecule has 0 aliphatic heterocycles. The van der Waals surface area contributed by atoms with E-state index in [-0.39, 0.29) is 0 Å². The molecule has 2 unspecified atom stereocenters. The molecule has 3 rings (SSSR count). The van der Waals surface area contributed by atoms with Crippen molar-refractivity contribution < 1.29 is 9.15 Å². The van der Waals surface area contributed by atoms with E-state index in [1.807, 2.05) is 13.8 Å². The summed E-state index contributed by atoms with van der Waals surface area (Å²) < 4.78 is 11.5. The monoisotopic (exact) mass is 334 g/mol. The lowest BCUT2D eigenvalue weighted by Crippen LogP contribution is -2.68. The van der Waals surface area contributed by atoms with Crippen LogP contribution in [0.1, 0.15) is 56.9 Å². The Bertz CT molecular complexity index is 572. The van der Waals surface area contributed by atoms with Crippen LogP contribution in [0.25, 0.3) is 0 Å². The van der Waals surface area contributed by atoms with Gasteiger partial charge in [0.05, 0.1) is 11.8 Å². The number of oxazole rings is 1. The Morgan fingerprint density at radius 3 is 2.71 bits per heavy atom. The first kappa shape index (κ1) is 17.3. The van der Waals surface area contributed by atoms with Gasteiger partial charge in [0.1, 0.15) is 12.3 Å². The van der Waals surface area contributed by atoms with Crippen LogP contribution in [0.5, 0.6) is 0 Å². The lowest BCUT2D eigenvalue weighted by Gasteiger charge is -2.61. The molecule has 134 valence electrons. The molecule has 24 heavy (non-hydrogen) atoms. The van der Waals surface area contributed by atoms with E-state index in [2.05, 4.69) is 34.5 Å². The standard InChI is InChI=1S/C18H30N4O2/c1-5-19-17(20-11-16-21-12(3)13(4)24-16)22-14-10-15(23-6-2)18(14)8-7-9-18/h14-15H,5-11H2,1-4H3,(H2,19,20,22). The van der Waals surface area contributed by atoms with Gasteiger partial charge < -0.3 is 19.8 Å². The molecule has 6 heteroatoms. The molecule has 2 atom stereocenters. The third kappa shape index (κ3) is 3.16. The maximum Gasteiger partial charge on any atom is 0.216 e. The number of rotatable bonds is 6. The van der Waals surface area contributed by atoms with E-state index in [1.165, 1.54) is 19.3 Å². The minimum atomic E-state index is 0.322. The molecule has 1 aromatic heterocycles. The third-order valence-electron chi connectivity index (χ3n) is 5.54. The molecule has 2 N–H and O–H groups in total.